The van der Waals surface area contributed by atoms with E-state index in [-0.39, 0.29) is 13.1 Å². The first-order valence-electron chi connectivity index (χ1n) is 3.88. The molecule has 0 heterocycles. The fourth-order valence-corrected chi connectivity index (χ4v) is 1.25. The van der Waals surface area contributed by atoms with Crippen molar-refractivity contribution in [2.24, 2.45) is 0 Å². The molecular weight excluding hydrogens is 261 g/mol. The normalized spacial score (nSPS) is 9.57. The number of anilines is 1. The molecule has 4 heteroatoms. The molecular formula is C10H9Cl2FeN. The molecule has 0 aromatic heterocycles. The van der Waals surface area contributed by atoms with Crippen molar-refractivity contribution in [1.29, 1.82) is 0 Å². The molecule has 0 unspecified atom stereocenters. The average molecular weight is 270 g/mol. The van der Waals surface area contributed by atoms with Crippen LogP contribution >= 0.6 is 20.2 Å². The fourth-order valence-electron chi connectivity index (χ4n) is 1.25. The summed E-state index contributed by atoms with van der Waals surface area (Å²) in [5.74, 6) is 0. The Bertz CT molecular complexity index is 401. The van der Waals surface area contributed by atoms with Gasteiger partial charge in [0.1, 0.15) is 0 Å². The van der Waals surface area contributed by atoms with Crippen LogP contribution in [0.5, 0.6) is 0 Å². The predicted octanol–water partition coefficient (Wildman–Crippen LogP) is 3.80. The van der Waals surface area contributed by atoms with Gasteiger partial charge in [-0.3, -0.25) is 0 Å². The first-order chi connectivity index (χ1) is 6.79. The Balaban J connectivity index is 0.000000293. The fraction of sp³-hybridized carbons (Fsp3) is 0. The third-order valence-electron chi connectivity index (χ3n) is 1.82. The van der Waals surface area contributed by atoms with Gasteiger partial charge >= 0.3 is 33.3 Å². The number of hydrogen-bond acceptors (Lipinski definition) is 1. The van der Waals surface area contributed by atoms with Crippen molar-refractivity contribution < 1.29 is 13.1 Å². The van der Waals surface area contributed by atoms with Gasteiger partial charge in [-0.05, 0) is 11.5 Å². The van der Waals surface area contributed by atoms with Crippen LogP contribution in [0.3, 0.4) is 0 Å². The molecule has 2 rings (SSSR count). The molecule has 14 heavy (non-hydrogen) atoms. The Morgan fingerprint density at radius 3 is 2.14 bits per heavy atom. The monoisotopic (exact) mass is 269 g/mol. The Hall–Kier alpha value is -0.401. The second-order valence-corrected chi connectivity index (χ2v) is 4.44. The molecule has 0 aliphatic heterocycles. The SMILES string of the molecule is Nc1cccc2ccccc12.[Cl][Fe][Cl]. The Morgan fingerprint density at radius 2 is 1.50 bits per heavy atom. The van der Waals surface area contributed by atoms with Crippen molar-refractivity contribution in [1.82, 2.24) is 0 Å². The second-order valence-electron chi connectivity index (χ2n) is 2.62. The van der Waals surface area contributed by atoms with E-state index in [1.165, 1.54) is 5.39 Å². The van der Waals surface area contributed by atoms with Crippen molar-refractivity contribution in [2.75, 3.05) is 5.73 Å². The average Bonchev–Trinajstić information content (AvgIpc) is 2.20. The Labute approximate surface area is 97.8 Å². The van der Waals surface area contributed by atoms with Gasteiger partial charge < -0.3 is 5.73 Å². The summed E-state index contributed by atoms with van der Waals surface area (Å²) >= 11 is 0.194. The van der Waals surface area contributed by atoms with Crippen LogP contribution in [0.4, 0.5) is 5.69 Å². The van der Waals surface area contributed by atoms with Crippen LogP contribution in [0.1, 0.15) is 0 Å². The van der Waals surface area contributed by atoms with Gasteiger partial charge in [-0.1, -0.05) is 36.4 Å². The first-order valence-corrected chi connectivity index (χ1v) is 6.92. The number of halogens is 2. The van der Waals surface area contributed by atoms with E-state index in [1.807, 2.05) is 30.3 Å². The molecule has 2 N–H and O–H groups in total. The summed E-state index contributed by atoms with van der Waals surface area (Å²) in [6, 6.07) is 14.1. The van der Waals surface area contributed by atoms with E-state index in [0.717, 1.165) is 11.1 Å². The summed E-state index contributed by atoms with van der Waals surface area (Å²) in [6.45, 7) is 0. The topological polar surface area (TPSA) is 26.0 Å². The van der Waals surface area contributed by atoms with E-state index in [0.29, 0.717) is 0 Å². The van der Waals surface area contributed by atoms with Crippen molar-refractivity contribution in [2.45, 2.75) is 0 Å². The number of hydrogen-bond donors (Lipinski definition) is 1. The molecule has 0 aliphatic carbocycles. The summed E-state index contributed by atoms with van der Waals surface area (Å²) in [5, 5.41) is 2.34. The number of benzene rings is 2. The van der Waals surface area contributed by atoms with Gasteiger partial charge in [0.05, 0.1) is 0 Å². The van der Waals surface area contributed by atoms with Gasteiger partial charge in [0.15, 0.2) is 0 Å². The summed E-state index contributed by atoms with van der Waals surface area (Å²) in [5.41, 5.74) is 6.61. The molecule has 2 aromatic rings. The molecule has 0 bridgehead atoms. The zero-order valence-corrected chi connectivity index (χ0v) is 9.84. The molecule has 0 atom stereocenters. The summed E-state index contributed by atoms with van der Waals surface area (Å²) in [7, 11) is 9.53. The molecule has 76 valence electrons. The Kier molecular flexibility index (Phi) is 5.13. The molecule has 2 aromatic carbocycles. The van der Waals surface area contributed by atoms with E-state index in [9.17, 15) is 0 Å². The predicted molar refractivity (Wildman–Crippen MR) is 60.1 cm³/mol. The van der Waals surface area contributed by atoms with Gasteiger partial charge in [-0.25, -0.2) is 0 Å². The molecule has 0 radical (unpaired) electrons. The quantitative estimate of drug-likeness (QED) is 0.571. The van der Waals surface area contributed by atoms with Gasteiger partial charge in [0.2, 0.25) is 0 Å². The maximum atomic E-state index is 5.76. The van der Waals surface area contributed by atoms with Crippen molar-refractivity contribution in [3.05, 3.63) is 42.5 Å². The van der Waals surface area contributed by atoms with Crippen LogP contribution < -0.4 is 5.73 Å². The molecule has 0 fully saturated rings. The molecule has 0 aliphatic rings. The van der Waals surface area contributed by atoms with Crippen LogP contribution in [0, 0.1) is 0 Å². The number of rotatable bonds is 0. The minimum absolute atomic E-state index is 0.194. The third kappa shape index (κ3) is 3.07. The van der Waals surface area contributed by atoms with Crippen LogP contribution in [-0.2, 0) is 13.1 Å². The second kappa shape index (κ2) is 6.15. The van der Waals surface area contributed by atoms with Crippen LogP contribution in [-0.4, -0.2) is 0 Å². The third-order valence-corrected chi connectivity index (χ3v) is 1.82. The van der Waals surface area contributed by atoms with Gasteiger partial charge in [-0.2, -0.15) is 0 Å². The van der Waals surface area contributed by atoms with Crippen LogP contribution in [0.25, 0.3) is 10.8 Å². The molecule has 1 nitrogen and oxygen atoms in total. The van der Waals surface area contributed by atoms with Gasteiger partial charge in [-0.15, -0.1) is 0 Å². The van der Waals surface area contributed by atoms with Crippen LogP contribution in [0.2, 0.25) is 0 Å². The summed E-state index contributed by atoms with van der Waals surface area (Å²) in [4.78, 5) is 0. The van der Waals surface area contributed by atoms with E-state index in [2.05, 4.69) is 12.1 Å². The zero-order valence-electron chi connectivity index (χ0n) is 7.23. The van der Waals surface area contributed by atoms with E-state index < -0.39 is 0 Å². The Morgan fingerprint density at radius 1 is 0.929 bits per heavy atom. The maximum absolute atomic E-state index is 5.76. The standard InChI is InChI=1S/C10H9N.2ClH.Fe/c11-10-7-3-5-8-4-1-2-6-9(8)10;;;/h1-7H,11H2;2*1H;/q;;;+2/p-2. The summed E-state index contributed by atoms with van der Waals surface area (Å²) in [6.07, 6.45) is 0. The first kappa shape index (κ1) is 11.7. The van der Waals surface area contributed by atoms with E-state index in [1.54, 1.807) is 0 Å². The number of nitrogens with two attached hydrogens (primary N) is 1. The van der Waals surface area contributed by atoms with Crippen molar-refractivity contribution in [3.8, 4) is 0 Å². The van der Waals surface area contributed by atoms with E-state index in [4.69, 9.17) is 25.9 Å². The molecule has 0 saturated heterocycles. The molecule has 0 amide bonds. The number of fused-ring (bicyclic) bond motifs is 1. The zero-order chi connectivity index (χ0) is 10.4. The number of nitrogen functional groups attached to an aromatic ring is 1. The van der Waals surface area contributed by atoms with Crippen LogP contribution in [0.15, 0.2) is 42.5 Å². The molecule has 0 saturated carbocycles. The van der Waals surface area contributed by atoms with Crippen molar-refractivity contribution >= 4 is 36.7 Å². The van der Waals surface area contributed by atoms with Crippen molar-refractivity contribution in [3.63, 3.8) is 0 Å². The minimum atomic E-state index is 0.194. The molecule has 0 spiro atoms. The van der Waals surface area contributed by atoms with Gasteiger partial charge in [0, 0.05) is 11.1 Å². The van der Waals surface area contributed by atoms with E-state index >= 15 is 0 Å². The van der Waals surface area contributed by atoms with Gasteiger partial charge in [0.25, 0.3) is 0 Å². The summed E-state index contributed by atoms with van der Waals surface area (Å²) < 4.78 is 0.